The van der Waals surface area contributed by atoms with Crippen LogP contribution >= 0.6 is 0 Å². The van der Waals surface area contributed by atoms with Gasteiger partial charge in [-0.3, -0.25) is 4.55 Å². The Balaban J connectivity index is 1.87. The molecule has 9 heteroatoms. The minimum atomic E-state index is -4.54. The molecule has 2 aromatic carbocycles. The molecule has 0 amide bonds. The lowest BCUT2D eigenvalue weighted by molar-refractivity contribution is 0.170. The normalized spacial score (nSPS) is 14.0. The van der Waals surface area contributed by atoms with Gasteiger partial charge in [-0.2, -0.15) is 8.42 Å². The van der Waals surface area contributed by atoms with Gasteiger partial charge in [0.25, 0.3) is 0 Å². The van der Waals surface area contributed by atoms with Crippen molar-refractivity contribution in [2.75, 3.05) is 6.54 Å². The number of hydrogen-bond acceptors (Lipinski definition) is 7. The molecule has 0 saturated carbocycles. The van der Waals surface area contributed by atoms with E-state index < -0.39 is 16.5 Å². The largest absolute Gasteiger partial charge is 0.508 e. The second-order valence-corrected chi connectivity index (χ2v) is 6.99. The van der Waals surface area contributed by atoms with Gasteiger partial charge in [0.05, 0.1) is 6.10 Å². The van der Waals surface area contributed by atoms with E-state index in [2.05, 4.69) is 9.50 Å². The molecule has 0 radical (unpaired) electrons. The molecule has 0 spiro atoms. The summed E-state index contributed by atoms with van der Waals surface area (Å²) in [4.78, 5) is 0. The van der Waals surface area contributed by atoms with Crippen molar-refractivity contribution in [3.63, 3.8) is 0 Å². The van der Waals surface area contributed by atoms with Crippen LogP contribution in [-0.2, 0) is 16.8 Å². The highest BCUT2D eigenvalue weighted by atomic mass is 32.3. The van der Waals surface area contributed by atoms with E-state index in [4.69, 9.17) is 4.55 Å². The highest BCUT2D eigenvalue weighted by Gasteiger charge is 2.12. The molecule has 0 aliphatic heterocycles. The fraction of sp³-hybridized carbons (Fsp3) is 0.294. The van der Waals surface area contributed by atoms with Crippen molar-refractivity contribution in [1.29, 1.82) is 0 Å². The summed E-state index contributed by atoms with van der Waals surface area (Å²) in [5, 5.41) is 32.2. The van der Waals surface area contributed by atoms with Crippen molar-refractivity contribution in [2.24, 2.45) is 0 Å². The number of rotatable bonds is 8. The van der Waals surface area contributed by atoms with Crippen LogP contribution in [0.15, 0.2) is 42.5 Å². The van der Waals surface area contributed by atoms with Crippen LogP contribution in [0.4, 0.5) is 0 Å². The standard InChI is InChI=1S/C17H21NO7S/c1-11(6-12-2-4-16(5-3-12)25-26(22,23)24)18-10-17(21)13-7-14(19)9-15(20)8-13/h2-5,7-9,11,17-21H,6,10H2,1H3,(H,22,23,24)/t11-,17-/m1/s1. The Labute approximate surface area is 151 Å². The Bertz CT molecular complexity index is 816. The first-order valence-corrected chi connectivity index (χ1v) is 9.19. The van der Waals surface area contributed by atoms with Crippen LogP contribution in [-0.4, -0.2) is 40.9 Å². The number of phenols is 2. The van der Waals surface area contributed by atoms with E-state index in [1.807, 2.05) is 6.92 Å². The van der Waals surface area contributed by atoms with Crippen molar-refractivity contribution in [3.05, 3.63) is 53.6 Å². The molecule has 8 nitrogen and oxygen atoms in total. The third-order valence-electron chi connectivity index (χ3n) is 3.64. The van der Waals surface area contributed by atoms with Crippen LogP contribution in [0.2, 0.25) is 0 Å². The van der Waals surface area contributed by atoms with Crippen molar-refractivity contribution >= 4 is 10.4 Å². The fourth-order valence-corrected chi connectivity index (χ4v) is 2.82. The maximum atomic E-state index is 10.6. The molecule has 0 fully saturated rings. The molecule has 0 aliphatic carbocycles. The highest BCUT2D eigenvalue weighted by molar-refractivity contribution is 7.81. The van der Waals surface area contributed by atoms with Gasteiger partial charge in [-0.1, -0.05) is 12.1 Å². The minimum absolute atomic E-state index is 0.0102. The van der Waals surface area contributed by atoms with E-state index in [-0.39, 0.29) is 29.8 Å². The molecule has 2 atom stereocenters. The van der Waals surface area contributed by atoms with Gasteiger partial charge in [0.2, 0.25) is 0 Å². The Hall–Kier alpha value is -2.33. The number of phenolic OH excluding ortho intramolecular Hbond substituents is 2. The van der Waals surface area contributed by atoms with Crippen LogP contribution in [0, 0.1) is 0 Å². The van der Waals surface area contributed by atoms with E-state index in [1.54, 1.807) is 12.1 Å². The topological polar surface area (TPSA) is 136 Å². The lowest BCUT2D eigenvalue weighted by Gasteiger charge is -2.18. The monoisotopic (exact) mass is 383 g/mol. The van der Waals surface area contributed by atoms with Gasteiger partial charge in [-0.05, 0) is 48.7 Å². The van der Waals surface area contributed by atoms with E-state index in [9.17, 15) is 23.7 Å². The van der Waals surface area contributed by atoms with Gasteiger partial charge in [-0.25, -0.2) is 0 Å². The zero-order chi connectivity index (χ0) is 19.3. The Morgan fingerprint density at radius 3 is 2.19 bits per heavy atom. The van der Waals surface area contributed by atoms with Crippen molar-refractivity contribution in [1.82, 2.24) is 5.32 Å². The molecule has 5 N–H and O–H groups in total. The molecule has 0 aliphatic rings. The number of aliphatic hydroxyl groups excluding tert-OH is 1. The Morgan fingerprint density at radius 1 is 1.08 bits per heavy atom. The van der Waals surface area contributed by atoms with Gasteiger partial charge >= 0.3 is 10.4 Å². The zero-order valence-electron chi connectivity index (χ0n) is 14.0. The van der Waals surface area contributed by atoms with Crippen LogP contribution < -0.4 is 9.50 Å². The van der Waals surface area contributed by atoms with E-state index in [0.29, 0.717) is 12.0 Å². The summed E-state index contributed by atoms with van der Waals surface area (Å²) in [5.41, 5.74) is 1.30. The van der Waals surface area contributed by atoms with Crippen molar-refractivity contribution in [3.8, 4) is 17.2 Å². The van der Waals surface area contributed by atoms with E-state index >= 15 is 0 Å². The Morgan fingerprint density at radius 2 is 1.65 bits per heavy atom. The molecule has 0 bridgehead atoms. The molecule has 2 rings (SSSR count). The third kappa shape index (κ3) is 6.52. The lowest BCUT2D eigenvalue weighted by atomic mass is 10.1. The van der Waals surface area contributed by atoms with Crippen molar-refractivity contribution in [2.45, 2.75) is 25.5 Å². The predicted octanol–water partition coefficient (Wildman–Crippen LogP) is 1.53. The smallest absolute Gasteiger partial charge is 0.446 e. The number of benzene rings is 2. The molecule has 142 valence electrons. The molecule has 0 saturated heterocycles. The summed E-state index contributed by atoms with van der Waals surface area (Å²) in [7, 11) is -4.54. The zero-order valence-corrected chi connectivity index (χ0v) is 14.8. The van der Waals surface area contributed by atoms with Crippen LogP contribution in [0.3, 0.4) is 0 Å². The molecular formula is C17H21NO7S. The molecule has 0 aromatic heterocycles. The van der Waals surface area contributed by atoms with Crippen LogP contribution in [0.5, 0.6) is 17.2 Å². The lowest BCUT2D eigenvalue weighted by Crippen LogP contribution is -2.32. The van der Waals surface area contributed by atoms with Gasteiger partial charge in [0.15, 0.2) is 0 Å². The van der Waals surface area contributed by atoms with Gasteiger partial charge in [-0.15, -0.1) is 0 Å². The summed E-state index contributed by atoms with van der Waals surface area (Å²) in [6, 6.07) is 10.1. The first kappa shape index (κ1) is 20.0. The maximum Gasteiger partial charge on any atom is 0.446 e. The predicted molar refractivity (Wildman–Crippen MR) is 94.5 cm³/mol. The molecule has 0 heterocycles. The van der Waals surface area contributed by atoms with Gasteiger partial charge in [0.1, 0.15) is 17.2 Å². The highest BCUT2D eigenvalue weighted by Crippen LogP contribution is 2.24. The summed E-state index contributed by atoms with van der Waals surface area (Å²) in [5.74, 6) is -0.241. The Kier molecular flexibility index (Phi) is 6.43. The molecule has 26 heavy (non-hydrogen) atoms. The molecular weight excluding hydrogens is 362 g/mol. The summed E-state index contributed by atoms with van der Waals surface area (Å²) < 4.78 is 34.2. The summed E-state index contributed by atoms with van der Waals surface area (Å²) >= 11 is 0. The van der Waals surface area contributed by atoms with Crippen LogP contribution in [0.25, 0.3) is 0 Å². The quantitative estimate of drug-likeness (QED) is 0.433. The second kappa shape index (κ2) is 8.37. The first-order chi connectivity index (χ1) is 12.1. The summed E-state index contributed by atoms with van der Waals surface area (Å²) in [6.45, 7) is 2.13. The molecule has 2 aromatic rings. The average molecular weight is 383 g/mol. The second-order valence-electron chi connectivity index (χ2n) is 5.97. The van der Waals surface area contributed by atoms with E-state index in [0.717, 1.165) is 5.56 Å². The van der Waals surface area contributed by atoms with Crippen molar-refractivity contribution < 1.29 is 32.5 Å². The number of aliphatic hydroxyl groups is 1. The number of aromatic hydroxyl groups is 2. The number of nitrogens with one attached hydrogen (secondary N) is 1. The first-order valence-electron chi connectivity index (χ1n) is 7.82. The number of hydrogen-bond donors (Lipinski definition) is 5. The maximum absolute atomic E-state index is 10.6. The van der Waals surface area contributed by atoms with Gasteiger partial charge < -0.3 is 24.8 Å². The third-order valence-corrected chi connectivity index (χ3v) is 4.04. The summed E-state index contributed by atoms with van der Waals surface area (Å²) in [6.07, 6.45) is -0.301. The SMILES string of the molecule is C[C@H](Cc1ccc(OS(=O)(=O)O)cc1)NC[C@@H](O)c1cc(O)cc(O)c1. The fourth-order valence-electron chi connectivity index (χ4n) is 2.47. The van der Waals surface area contributed by atoms with Crippen LogP contribution in [0.1, 0.15) is 24.2 Å². The van der Waals surface area contributed by atoms with Gasteiger partial charge in [0, 0.05) is 18.7 Å². The average Bonchev–Trinajstić information content (AvgIpc) is 2.52. The minimum Gasteiger partial charge on any atom is -0.508 e. The van der Waals surface area contributed by atoms with E-state index in [1.165, 1.54) is 30.3 Å². The molecule has 0 unspecified atom stereocenters.